The third-order valence-electron chi connectivity index (χ3n) is 4.93. The van der Waals surface area contributed by atoms with Gasteiger partial charge in [0.05, 0.1) is 24.5 Å². The van der Waals surface area contributed by atoms with E-state index >= 15 is 0 Å². The van der Waals surface area contributed by atoms with Gasteiger partial charge in [0.15, 0.2) is 0 Å². The highest BCUT2D eigenvalue weighted by molar-refractivity contribution is 5.89. The summed E-state index contributed by atoms with van der Waals surface area (Å²) < 4.78 is 15.7. The van der Waals surface area contributed by atoms with Gasteiger partial charge < -0.3 is 23.8 Å². The van der Waals surface area contributed by atoms with E-state index in [1.807, 2.05) is 6.92 Å². The van der Waals surface area contributed by atoms with Crippen molar-refractivity contribution >= 4 is 29.5 Å². The molecule has 0 aliphatic carbocycles. The van der Waals surface area contributed by atoms with Crippen molar-refractivity contribution in [3.63, 3.8) is 0 Å². The molecule has 0 N–H and O–H groups in total. The Morgan fingerprint density at radius 3 is 1.94 bits per heavy atom. The molecular weight excluding hydrogens is 452 g/mol. The Morgan fingerprint density at radius 2 is 1.37 bits per heavy atom. The summed E-state index contributed by atoms with van der Waals surface area (Å²) in [5.41, 5.74) is 1.10. The molecule has 0 heterocycles. The van der Waals surface area contributed by atoms with E-state index in [1.165, 1.54) is 38.1 Å². The second-order valence-electron chi connectivity index (χ2n) is 8.21. The van der Waals surface area contributed by atoms with Gasteiger partial charge in [-0.1, -0.05) is 19.1 Å². The van der Waals surface area contributed by atoms with Gasteiger partial charge in [0, 0.05) is 12.8 Å². The van der Waals surface area contributed by atoms with E-state index in [1.54, 1.807) is 24.3 Å². The van der Waals surface area contributed by atoms with E-state index in [9.17, 15) is 24.0 Å². The molecule has 2 aromatic rings. The molecule has 2 aromatic carbocycles. The first-order valence-electron chi connectivity index (χ1n) is 11.4. The molecule has 0 aliphatic heterocycles. The molecule has 0 saturated carbocycles. The van der Waals surface area contributed by atoms with Crippen LogP contribution in [0, 0.1) is 5.92 Å². The highest BCUT2D eigenvalue weighted by Crippen LogP contribution is 2.21. The fourth-order valence-electron chi connectivity index (χ4n) is 3.16. The van der Waals surface area contributed by atoms with Crippen molar-refractivity contribution in [2.24, 2.45) is 5.92 Å². The van der Waals surface area contributed by atoms with Gasteiger partial charge in [-0.05, 0) is 68.7 Å². The quantitative estimate of drug-likeness (QED) is 0.307. The standard InChI is InChI=1S/C27H30O8/c1-4-15-33-26(31)21-8-12-24(13-9-21)35-27(32)22(16-19(3)29)17-20-6-10-23(11-7-20)34-25(30)14-5-18(2)28/h6-13,22H,4-5,14-17H2,1-3H3. The topological polar surface area (TPSA) is 113 Å². The zero-order chi connectivity index (χ0) is 25.8. The van der Waals surface area contributed by atoms with Gasteiger partial charge in [-0.2, -0.15) is 0 Å². The Hall–Kier alpha value is -3.81. The average molecular weight is 483 g/mol. The fourth-order valence-corrected chi connectivity index (χ4v) is 3.16. The molecule has 0 aromatic heterocycles. The van der Waals surface area contributed by atoms with Crippen LogP contribution in [0.15, 0.2) is 48.5 Å². The Balaban J connectivity index is 2.00. The second kappa shape index (κ2) is 13.8. The lowest BCUT2D eigenvalue weighted by atomic mass is 9.94. The molecule has 0 saturated heterocycles. The van der Waals surface area contributed by atoms with Crippen LogP contribution in [-0.2, 0) is 30.3 Å². The maximum absolute atomic E-state index is 12.8. The normalized spacial score (nSPS) is 11.3. The van der Waals surface area contributed by atoms with Gasteiger partial charge in [-0.25, -0.2) is 4.79 Å². The minimum absolute atomic E-state index is 0.00203. The predicted octanol–water partition coefficient (Wildman–Crippen LogP) is 4.27. The molecule has 1 atom stereocenters. The number of benzene rings is 2. The SMILES string of the molecule is CCCOC(=O)c1ccc(OC(=O)C(CC(C)=O)Cc2ccc(OC(=O)CCC(C)=O)cc2)cc1. The Labute approximate surface area is 204 Å². The summed E-state index contributed by atoms with van der Waals surface area (Å²) in [7, 11) is 0. The zero-order valence-corrected chi connectivity index (χ0v) is 20.2. The summed E-state index contributed by atoms with van der Waals surface area (Å²) in [5, 5.41) is 0. The minimum Gasteiger partial charge on any atom is -0.462 e. The third kappa shape index (κ3) is 9.92. The van der Waals surface area contributed by atoms with Crippen molar-refractivity contribution in [3.8, 4) is 11.5 Å². The predicted molar refractivity (Wildman–Crippen MR) is 127 cm³/mol. The Morgan fingerprint density at radius 1 is 0.771 bits per heavy atom. The summed E-state index contributed by atoms with van der Waals surface area (Å²) in [5.74, 6) is -1.91. The summed E-state index contributed by atoms with van der Waals surface area (Å²) in [4.78, 5) is 59.2. The van der Waals surface area contributed by atoms with E-state index in [4.69, 9.17) is 14.2 Å². The number of carbonyl (C=O) groups is 5. The summed E-state index contributed by atoms with van der Waals surface area (Å²) in [6.07, 6.45) is 1.09. The van der Waals surface area contributed by atoms with Crippen LogP contribution >= 0.6 is 0 Å². The van der Waals surface area contributed by atoms with Crippen LogP contribution in [0.4, 0.5) is 0 Å². The first kappa shape index (κ1) is 27.4. The largest absolute Gasteiger partial charge is 0.462 e. The van der Waals surface area contributed by atoms with Crippen molar-refractivity contribution in [1.29, 1.82) is 0 Å². The molecule has 0 bridgehead atoms. The molecule has 0 spiro atoms. The van der Waals surface area contributed by atoms with E-state index in [0.717, 1.165) is 5.56 Å². The highest BCUT2D eigenvalue weighted by Gasteiger charge is 2.23. The van der Waals surface area contributed by atoms with Crippen molar-refractivity contribution < 1.29 is 38.2 Å². The monoisotopic (exact) mass is 482 g/mol. The van der Waals surface area contributed by atoms with Crippen LogP contribution in [-0.4, -0.2) is 36.1 Å². The van der Waals surface area contributed by atoms with Gasteiger partial charge in [-0.3, -0.25) is 9.59 Å². The molecule has 8 heteroatoms. The molecule has 0 aliphatic rings. The smallest absolute Gasteiger partial charge is 0.338 e. The van der Waals surface area contributed by atoms with Crippen LogP contribution in [0.5, 0.6) is 11.5 Å². The van der Waals surface area contributed by atoms with E-state index < -0.39 is 23.8 Å². The van der Waals surface area contributed by atoms with Crippen LogP contribution in [0.1, 0.15) is 62.4 Å². The van der Waals surface area contributed by atoms with Crippen molar-refractivity contribution in [2.45, 2.75) is 52.9 Å². The number of hydrogen-bond acceptors (Lipinski definition) is 8. The zero-order valence-electron chi connectivity index (χ0n) is 20.2. The van der Waals surface area contributed by atoms with E-state index in [2.05, 4.69) is 0 Å². The van der Waals surface area contributed by atoms with Crippen molar-refractivity contribution in [1.82, 2.24) is 0 Å². The molecule has 1 unspecified atom stereocenters. The molecule has 0 radical (unpaired) electrons. The highest BCUT2D eigenvalue weighted by atomic mass is 16.5. The first-order valence-corrected chi connectivity index (χ1v) is 11.4. The lowest BCUT2D eigenvalue weighted by molar-refractivity contribution is -0.141. The maximum atomic E-state index is 12.8. The first-order chi connectivity index (χ1) is 16.7. The summed E-state index contributed by atoms with van der Waals surface area (Å²) in [6.45, 7) is 5.03. The van der Waals surface area contributed by atoms with E-state index in [0.29, 0.717) is 24.3 Å². The van der Waals surface area contributed by atoms with Crippen molar-refractivity contribution in [2.75, 3.05) is 6.61 Å². The number of ether oxygens (including phenoxy) is 3. The van der Waals surface area contributed by atoms with Gasteiger partial charge >= 0.3 is 17.9 Å². The van der Waals surface area contributed by atoms with Gasteiger partial charge in [0.25, 0.3) is 0 Å². The maximum Gasteiger partial charge on any atom is 0.338 e. The minimum atomic E-state index is -0.717. The number of carbonyl (C=O) groups excluding carboxylic acids is 5. The molecular formula is C27H30O8. The van der Waals surface area contributed by atoms with Crippen LogP contribution < -0.4 is 9.47 Å². The number of Topliss-reactive ketones (excluding diaryl/α,β-unsaturated/α-hetero) is 2. The molecule has 0 amide bonds. The van der Waals surface area contributed by atoms with Gasteiger partial charge in [0.2, 0.25) is 0 Å². The van der Waals surface area contributed by atoms with Crippen LogP contribution in [0.2, 0.25) is 0 Å². The molecule has 0 fully saturated rings. The molecule has 2 rings (SSSR count). The number of hydrogen-bond donors (Lipinski definition) is 0. The molecule has 186 valence electrons. The number of rotatable bonds is 13. The van der Waals surface area contributed by atoms with Crippen LogP contribution in [0.3, 0.4) is 0 Å². The third-order valence-corrected chi connectivity index (χ3v) is 4.93. The van der Waals surface area contributed by atoms with Gasteiger partial charge in [-0.15, -0.1) is 0 Å². The van der Waals surface area contributed by atoms with E-state index in [-0.39, 0.29) is 43.0 Å². The molecule has 8 nitrogen and oxygen atoms in total. The lowest BCUT2D eigenvalue weighted by Crippen LogP contribution is -2.24. The Kier molecular flexibility index (Phi) is 10.8. The Bertz CT molecular complexity index is 1040. The fraction of sp³-hybridized carbons (Fsp3) is 0.370. The average Bonchev–Trinajstić information content (AvgIpc) is 2.82. The van der Waals surface area contributed by atoms with Crippen LogP contribution in [0.25, 0.3) is 0 Å². The number of esters is 3. The van der Waals surface area contributed by atoms with Crippen molar-refractivity contribution in [3.05, 3.63) is 59.7 Å². The summed E-state index contributed by atoms with van der Waals surface area (Å²) in [6, 6.07) is 12.6. The lowest BCUT2D eigenvalue weighted by Gasteiger charge is -2.15. The summed E-state index contributed by atoms with van der Waals surface area (Å²) >= 11 is 0. The number of ketones is 2. The second-order valence-corrected chi connectivity index (χ2v) is 8.21. The van der Waals surface area contributed by atoms with Gasteiger partial charge in [0.1, 0.15) is 23.1 Å². The molecule has 35 heavy (non-hydrogen) atoms.